The smallest absolute Gasteiger partial charge is 0.293 e. The number of ether oxygens (including phenoxy) is 1. The molecular formula is C28H18BrCl2NO3S. The van der Waals surface area contributed by atoms with E-state index in [9.17, 15) is 9.59 Å². The average molecular weight is 599 g/mol. The first-order valence-corrected chi connectivity index (χ1v) is 13.3. The molecule has 0 saturated carbocycles. The lowest BCUT2D eigenvalue weighted by Gasteiger charge is -2.13. The average Bonchev–Trinajstić information content (AvgIpc) is 3.11. The number of carbonyl (C=O) groups excluding carboxylic acids is 2. The minimum absolute atomic E-state index is 0.233. The van der Waals surface area contributed by atoms with Crippen LogP contribution < -0.4 is 4.74 Å². The second-order valence-electron chi connectivity index (χ2n) is 8.16. The largest absolute Gasteiger partial charge is 0.488 e. The van der Waals surface area contributed by atoms with Crippen molar-refractivity contribution in [3.8, 4) is 5.75 Å². The number of hydrogen-bond acceptors (Lipinski definition) is 4. The molecule has 1 aliphatic rings. The van der Waals surface area contributed by atoms with Gasteiger partial charge in [-0.15, -0.1) is 0 Å². The SMILES string of the molecule is O=C1SC(=Cc2ccc(OCc3ccc(Cl)cc3Cl)c(Br)c2)C(=O)N1Cc1ccc2ccccc2c1. The fourth-order valence-electron chi connectivity index (χ4n) is 3.83. The zero-order valence-corrected chi connectivity index (χ0v) is 22.6. The highest BCUT2D eigenvalue weighted by Crippen LogP contribution is 2.35. The van der Waals surface area contributed by atoms with E-state index in [0.29, 0.717) is 20.7 Å². The molecule has 2 amide bonds. The van der Waals surface area contributed by atoms with Crippen molar-refractivity contribution in [2.24, 2.45) is 0 Å². The van der Waals surface area contributed by atoms with Gasteiger partial charge in [0.2, 0.25) is 0 Å². The van der Waals surface area contributed by atoms with Gasteiger partial charge in [-0.3, -0.25) is 14.5 Å². The summed E-state index contributed by atoms with van der Waals surface area (Å²) in [6, 6.07) is 24.7. The van der Waals surface area contributed by atoms with E-state index < -0.39 is 0 Å². The molecule has 0 radical (unpaired) electrons. The summed E-state index contributed by atoms with van der Waals surface area (Å²) in [7, 11) is 0. The zero-order valence-electron chi connectivity index (χ0n) is 18.7. The molecule has 1 fully saturated rings. The maximum Gasteiger partial charge on any atom is 0.293 e. The Morgan fingerprint density at radius 3 is 2.50 bits per heavy atom. The molecule has 4 aromatic rings. The third-order valence-electron chi connectivity index (χ3n) is 5.68. The fourth-order valence-corrected chi connectivity index (χ4v) is 5.64. The van der Waals surface area contributed by atoms with E-state index in [1.165, 1.54) is 4.90 Å². The Balaban J connectivity index is 1.28. The van der Waals surface area contributed by atoms with Crippen LogP contribution in [0.25, 0.3) is 16.8 Å². The molecular weight excluding hydrogens is 581 g/mol. The third-order valence-corrected chi connectivity index (χ3v) is 7.79. The number of fused-ring (bicyclic) bond motifs is 1. The number of benzene rings is 4. The number of carbonyl (C=O) groups is 2. The molecule has 4 nitrogen and oxygen atoms in total. The standard InChI is InChI=1S/C28H18BrCl2NO3S/c29-23-12-17(6-10-25(23)35-16-21-8-9-22(30)14-24(21)31)13-26-27(33)32(28(34)36-26)15-18-5-7-19-3-1-2-4-20(19)11-18/h1-14H,15-16H2. The molecule has 36 heavy (non-hydrogen) atoms. The van der Waals surface area contributed by atoms with Crippen LogP contribution >= 0.6 is 50.9 Å². The fraction of sp³-hybridized carbons (Fsp3) is 0.0714. The third kappa shape index (κ3) is 5.47. The molecule has 0 aromatic heterocycles. The van der Waals surface area contributed by atoms with E-state index in [-0.39, 0.29) is 24.3 Å². The van der Waals surface area contributed by atoms with Crippen molar-refractivity contribution in [2.75, 3.05) is 0 Å². The van der Waals surface area contributed by atoms with Crippen LogP contribution in [0, 0.1) is 0 Å². The van der Waals surface area contributed by atoms with Gasteiger partial charge in [0.15, 0.2) is 0 Å². The minimum Gasteiger partial charge on any atom is -0.488 e. The van der Waals surface area contributed by atoms with Gasteiger partial charge in [0.25, 0.3) is 11.1 Å². The molecule has 1 heterocycles. The predicted octanol–water partition coefficient (Wildman–Crippen LogP) is 8.72. The Hall–Kier alpha value is -2.77. The highest BCUT2D eigenvalue weighted by Gasteiger charge is 2.35. The Kier molecular flexibility index (Phi) is 7.39. The summed E-state index contributed by atoms with van der Waals surface area (Å²) in [5.74, 6) is 0.328. The lowest BCUT2D eigenvalue weighted by atomic mass is 10.1. The first-order valence-electron chi connectivity index (χ1n) is 11.0. The zero-order chi connectivity index (χ0) is 25.2. The van der Waals surface area contributed by atoms with Crippen LogP contribution in [-0.4, -0.2) is 16.0 Å². The maximum atomic E-state index is 13.0. The van der Waals surface area contributed by atoms with Gasteiger partial charge in [0.1, 0.15) is 12.4 Å². The van der Waals surface area contributed by atoms with Crippen LogP contribution in [0.2, 0.25) is 10.0 Å². The topological polar surface area (TPSA) is 46.6 Å². The van der Waals surface area contributed by atoms with Crippen LogP contribution in [0.15, 0.2) is 88.2 Å². The quantitative estimate of drug-likeness (QED) is 0.208. The van der Waals surface area contributed by atoms with Gasteiger partial charge in [-0.05, 0) is 86.0 Å². The van der Waals surface area contributed by atoms with Gasteiger partial charge in [-0.1, -0.05) is 71.7 Å². The van der Waals surface area contributed by atoms with Crippen LogP contribution in [-0.2, 0) is 17.9 Å². The number of rotatable bonds is 6. The van der Waals surface area contributed by atoms with Crippen LogP contribution in [0.4, 0.5) is 4.79 Å². The predicted molar refractivity (Wildman–Crippen MR) is 150 cm³/mol. The van der Waals surface area contributed by atoms with Crippen molar-refractivity contribution in [1.82, 2.24) is 4.90 Å². The second kappa shape index (κ2) is 10.7. The molecule has 0 bridgehead atoms. The lowest BCUT2D eigenvalue weighted by molar-refractivity contribution is -0.123. The molecule has 0 atom stereocenters. The van der Waals surface area contributed by atoms with E-state index in [1.54, 1.807) is 24.3 Å². The summed E-state index contributed by atoms with van der Waals surface area (Å²) in [5, 5.41) is 3.01. The van der Waals surface area contributed by atoms with Gasteiger partial charge in [0, 0.05) is 15.6 Å². The summed E-state index contributed by atoms with van der Waals surface area (Å²) in [6.07, 6.45) is 1.72. The molecule has 180 valence electrons. The molecule has 0 unspecified atom stereocenters. The molecule has 0 spiro atoms. The van der Waals surface area contributed by atoms with Crippen molar-refractivity contribution < 1.29 is 14.3 Å². The van der Waals surface area contributed by atoms with Crippen molar-refractivity contribution >= 4 is 78.9 Å². The summed E-state index contributed by atoms with van der Waals surface area (Å²) >= 11 is 16.6. The van der Waals surface area contributed by atoms with Crippen LogP contribution in [0.5, 0.6) is 5.75 Å². The van der Waals surface area contributed by atoms with Gasteiger partial charge < -0.3 is 4.74 Å². The summed E-state index contributed by atoms with van der Waals surface area (Å²) < 4.78 is 6.61. The number of halogens is 3. The lowest BCUT2D eigenvalue weighted by Crippen LogP contribution is -2.27. The molecule has 0 N–H and O–H groups in total. The van der Waals surface area contributed by atoms with E-state index in [0.717, 1.165) is 43.7 Å². The normalized spacial score (nSPS) is 14.8. The number of amides is 2. The Labute approximate surface area is 231 Å². The highest BCUT2D eigenvalue weighted by atomic mass is 79.9. The molecule has 1 saturated heterocycles. The second-order valence-corrected chi connectivity index (χ2v) is 10.9. The Morgan fingerprint density at radius 2 is 1.72 bits per heavy atom. The number of thioether (sulfide) groups is 1. The number of hydrogen-bond donors (Lipinski definition) is 0. The van der Waals surface area contributed by atoms with Crippen molar-refractivity contribution in [3.05, 3.63) is 115 Å². The first kappa shape index (κ1) is 24.9. The van der Waals surface area contributed by atoms with Gasteiger partial charge >= 0.3 is 0 Å². The van der Waals surface area contributed by atoms with E-state index >= 15 is 0 Å². The molecule has 5 rings (SSSR count). The van der Waals surface area contributed by atoms with Crippen LogP contribution in [0.3, 0.4) is 0 Å². The molecule has 4 aromatic carbocycles. The van der Waals surface area contributed by atoms with E-state index in [2.05, 4.69) is 15.9 Å². The molecule has 0 aliphatic carbocycles. The molecule has 1 aliphatic heterocycles. The number of imide groups is 1. The number of nitrogens with zero attached hydrogens (tertiary/aromatic N) is 1. The van der Waals surface area contributed by atoms with Gasteiger partial charge in [-0.2, -0.15) is 0 Å². The summed E-state index contributed by atoms with van der Waals surface area (Å²) in [6.45, 7) is 0.512. The monoisotopic (exact) mass is 597 g/mol. The van der Waals surface area contributed by atoms with E-state index in [4.69, 9.17) is 27.9 Å². The maximum absolute atomic E-state index is 13.0. The van der Waals surface area contributed by atoms with Crippen molar-refractivity contribution in [3.63, 3.8) is 0 Å². The Morgan fingerprint density at radius 1 is 0.917 bits per heavy atom. The first-order chi connectivity index (χ1) is 17.4. The van der Waals surface area contributed by atoms with Crippen molar-refractivity contribution in [1.29, 1.82) is 0 Å². The van der Waals surface area contributed by atoms with E-state index in [1.807, 2.05) is 60.7 Å². The minimum atomic E-state index is -0.299. The Bertz CT molecular complexity index is 1540. The molecule has 8 heteroatoms. The van der Waals surface area contributed by atoms with Crippen LogP contribution in [0.1, 0.15) is 16.7 Å². The summed E-state index contributed by atoms with van der Waals surface area (Å²) in [4.78, 5) is 27.3. The highest BCUT2D eigenvalue weighted by molar-refractivity contribution is 9.10. The van der Waals surface area contributed by atoms with Gasteiger partial charge in [-0.25, -0.2) is 0 Å². The van der Waals surface area contributed by atoms with Gasteiger partial charge in [0.05, 0.1) is 15.9 Å². The summed E-state index contributed by atoms with van der Waals surface area (Å²) in [5.41, 5.74) is 2.49. The van der Waals surface area contributed by atoms with Crippen molar-refractivity contribution in [2.45, 2.75) is 13.2 Å².